The Morgan fingerprint density at radius 3 is 2.74 bits per heavy atom. The van der Waals surface area contributed by atoms with Gasteiger partial charge in [-0.15, -0.1) is 0 Å². The third-order valence-electron chi connectivity index (χ3n) is 3.53. The van der Waals surface area contributed by atoms with Gasteiger partial charge in [0.2, 0.25) is 10.0 Å². The SMILES string of the molecule is Cc1cc(F)ccc1S(=O)(=O)NCC1CCCC1Br. The van der Waals surface area contributed by atoms with E-state index in [9.17, 15) is 12.8 Å². The summed E-state index contributed by atoms with van der Waals surface area (Å²) in [5.41, 5.74) is 0.425. The van der Waals surface area contributed by atoms with Crippen molar-refractivity contribution in [1.82, 2.24) is 4.72 Å². The number of hydrogen-bond donors (Lipinski definition) is 1. The number of hydrogen-bond acceptors (Lipinski definition) is 2. The van der Waals surface area contributed by atoms with E-state index < -0.39 is 15.8 Å². The van der Waals surface area contributed by atoms with E-state index in [-0.39, 0.29) is 4.90 Å². The Labute approximate surface area is 121 Å². The summed E-state index contributed by atoms with van der Waals surface area (Å²) in [4.78, 5) is 0.530. The molecule has 6 heteroatoms. The van der Waals surface area contributed by atoms with E-state index in [0.717, 1.165) is 19.3 Å². The topological polar surface area (TPSA) is 46.2 Å². The van der Waals surface area contributed by atoms with Crippen molar-refractivity contribution in [2.75, 3.05) is 6.54 Å². The molecular formula is C13H17BrFNO2S. The summed E-state index contributed by atoms with van der Waals surface area (Å²) in [6.45, 7) is 2.02. The van der Waals surface area contributed by atoms with Crippen LogP contribution >= 0.6 is 15.9 Å². The monoisotopic (exact) mass is 349 g/mol. The van der Waals surface area contributed by atoms with Gasteiger partial charge in [-0.05, 0) is 49.4 Å². The smallest absolute Gasteiger partial charge is 0.211 e. The first kappa shape index (κ1) is 14.9. The summed E-state index contributed by atoms with van der Waals surface area (Å²) >= 11 is 3.57. The molecule has 1 aromatic carbocycles. The Morgan fingerprint density at radius 2 is 2.16 bits per heavy atom. The van der Waals surface area contributed by atoms with Crippen LogP contribution in [0.25, 0.3) is 0 Å². The molecule has 1 N–H and O–H groups in total. The molecular weight excluding hydrogens is 333 g/mol. The number of sulfonamides is 1. The maximum atomic E-state index is 13.0. The highest BCUT2D eigenvalue weighted by Crippen LogP contribution is 2.31. The first-order valence-electron chi connectivity index (χ1n) is 6.30. The maximum absolute atomic E-state index is 13.0. The molecule has 0 radical (unpaired) electrons. The van der Waals surface area contributed by atoms with Crippen molar-refractivity contribution >= 4 is 26.0 Å². The zero-order valence-electron chi connectivity index (χ0n) is 10.7. The molecule has 1 saturated carbocycles. The fourth-order valence-corrected chi connectivity index (χ4v) is 4.52. The second kappa shape index (κ2) is 5.89. The summed E-state index contributed by atoms with van der Waals surface area (Å²) in [5.74, 6) is -0.0942. The third kappa shape index (κ3) is 3.55. The van der Waals surface area contributed by atoms with Crippen molar-refractivity contribution in [3.05, 3.63) is 29.6 Å². The lowest BCUT2D eigenvalue weighted by atomic mass is 10.1. The average molecular weight is 350 g/mol. The molecule has 2 unspecified atom stereocenters. The molecule has 1 fully saturated rings. The van der Waals surface area contributed by atoms with Crippen molar-refractivity contribution in [3.63, 3.8) is 0 Å². The molecule has 1 aromatic rings. The fraction of sp³-hybridized carbons (Fsp3) is 0.538. The largest absolute Gasteiger partial charge is 0.240 e. The summed E-state index contributed by atoms with van der Waals surface area (Å²) in [6, 6.07) is 3.72. The van der Waals surface area contributed by atoms with Gasteiger partial charge in [0, 0.05) is 11.4 Å². The summed E-state index contributed by atoms with van der Waals surface area (Å²) in [5, 5.41) is 0. The van der Waals surface area contributed by atoms with Crippen molar-refractivity contribution in [2.24, 2.45) is 5.92 Å². The molecule has 106 valence electrons. The fourth-order valence-electron chi connectivity index (χ4n) is 2.43. The number of benzene rings is 1. The van der Waals surface area contributed by atoms with Gasteiger partial charge in [-0.25, -0.2) is 17.5 Å². The molecule has 2 rings (SSSR count). The Kier molecular flexibility index (Phi) is 4.63. The van der Waals surface area contributed by atoms with E-state index in [2.05, 4.69) is 20.7 Å². The van der Waals surface area contributed by atoms with Crippen LogP contribution in [-0.2, 0) is 10.0 Å². The minimum Gasteiger partial charge on any atom is -0.211 e. The van der Waals surface area contributed by atoms with E-state index in [1.54, 1.807) is 6.92 Å². The van der Waals surface area contributed by atoms with Gasteiger partial charge in [0.05, 0.1) is 4.90 Å². The Bertz CT molecular complexity index is 562. The Hall–Kier alpha value is -0.460. The molecule has 19 heavy (non-hydrogen) atoms. The molecule has 1 aliphatic carbocycles. The lowest BCUT2D eigenvalue weighted by Gasteiger charge is -2.15. The lowest BCUT2D eigenvalue weighted by molar-refractivity contribution is 0.529. The highest BCUT2D eigenvalue weighted by Gasteiger charge is 2.27. The van der Waals surface area contributed by atoms with Gasteiger partial charge in [0.15, 0.2) is 0 Å². The molecule has 3 nitrogen and oxygen atoms in total. The summed E-state index contributed by atoms with van der Waals surface area (Å²) < 4.78 is 40.0. The van der Waals surface area contributed by atoms with Crippen LogP contribution in [0.4, 0.5) is 4.39 Å². The van der Waals surface area contributed by atoms with Crippen molar-refractivity contribution in [2.45, 2.75) is 35.9 Å². The molecule has 0 bridgehead atoms. The van der Waals surface area contributed by atoms with Crippen LogP contribution in [0.2, 0.25) is 0 Å². The average Bonchev–Trinajstić information content (AvgIpc) is 2.72. The Morgan fingerprint density at radius 1 is 1.42 bits per heavy atom. The molecule has 2 atom stereocenters. The first-order chi connectivity index (χ1) is 8.90. The standard InChI is InChI=1S/C13H17BrFNO2S/c1-9-7-11(15)5-6-13(9)19(17,18)16-8-10-3-2-4-12(10)14/h5-7,10,12,16H,2-4,8H2,1H3. The number of halogens is 2. The van der Waals surface area contributed by atoms with Gasteiger partial charge < -0.3 is 0 Å². The zero-order chi connectivity index (χ0) is 14.0. The van der Waals surface area contributed by atoms with Crippen molar-refractivity contribution in [1.29, 1.82) is 0 Å². The number of alkyl halides is 1. The van der Waals surface area contributed by atoms with Crippen LogP contribution in [0.15, 0.2) is 23.1 Å². The normalized spacial score (nSPS) is 23.7. The van der Waals surface area contributed by atoms with E-state index in [1.807, 2.05) is 0 Å². The molecule has 0 saturated heterocycles. The Balaban J connectivity index is 2.09. The maximum Gasteiger partial charge on any atom is 0.240 e. The number of aryl methyl sites for hydroxylation is 1. The third-order valence-corrected chi connectivity index (χ3v) is 6.32. The van der Waals surface area contributed by atoms with Gasteiger partial charge >= 0.3 is 0 Å². The molecule has 0 amide bonds. The van der Waals surface area contributed by atoms with Gasteiger partial charge in [0.25, 0.3) is 0 Å². The predicted molar refractivity (Wildman–Crippen MR) is 76.4 cm³/mol. The molecule has 1 aliphatic rings. The summed E-state index contributed by atoms with van der Waals surface area (Å²) in [6.07, 6.45) is 3.24. The molecule has 0 heterocycles. The van der Waals surface area contributed by atoms with E-state index in [4.69, 9.17) is 0 Å². The second-order valence-electron chi connectivity index (χ2n) is 4.97. The number of rotatable bonds is 4. The molecule has 0 aromatic heterocycles. The van der Waals surface area contributed by atoms with Gasteiger partial charge in [0.1, 0.15) is 5.82 Å². The molecule has 0 spiro atoms. The van der Waals surface area contributed by atoms with E-state index >= 15 is 0 Å². The van der Waals surface area contributed by atoms with Gasteiger partial charge in [-0.2, -0.15) is 0 Å². The van der Waals surface area contributed by atoms with Crippen LogP contribution in [0.3, 0.4) is 0 Å². The van der Waals surface area contributed by atoms with Crippen molar-refractivity contribution in [3.8, 4) is 0 Å². The minimum absolute atomic E-state index is 0.151. The predicted octanol–water partition coefficient (Wildman–Crippen LogP) is 2.98. The highest BCUT2D eigenvalue weighted by atomic mass is 79.9. The second-order valence-corrected chi connectivity index (χ2v) is 7.88. The van der Waals surface area contributed by atoms with Gasteiger partial charge in [-0.1, -0.05) is 22.4 Å². The van der Waals surface area contributed by atoms with Crippen LogP contribution in [-0.4, -0.2) is 19.8 Å². The van der Waals surface area contributed by atoms with Gasteiger partial charge in [-0.3, -0.25) is 0 Å². The first-order valence-corrected chi connectivity index (χ1v) is 8.70. The van der Waals surface area contributed by atoms with Crippen molar-refractivity contribution < 1.29 is 12.8 Å². The number of nitrogens with one attached hydrogen (secondary N) is 1. The van der Waals surface area contributed by atoms with Crippen LogP contribution in [0.1, 0.15) is 24.8 Å². The van der Waals surface area contributed by atoms with Crippen LogP contribution < -0.4 is 4.72 Å². The minimum atomic E-state index is -3.56. The lowest BCUT2D eigenvalue weighted by Crippen LogP contribution is -2.31. The van der Waals surface area contributed by atoms with E-state index in [0.29, 0.717) is 22.9 Å². The summed E-state index contributed by atoms with van der Waals surface area (Å²) in [7, 11) is -3.56. The van der Waals surface area contributed by atoms with Crippen LogP contribution in [0, 0.1) is 18.7 Å². The highest BCUT2D eigenvalue weighted by molar-refractivity contribution is 9.09. The zero-order valence-corrected chi connectivity index (χ0v) is 13.1. The quantitative estimate of drug-likeness (QED) is 0.849. The molecule has 0 aliphatic heterocycles. The van der Waals surface area contributed by atoms with Crippen LogP contribution in [0.5, 0.6) is 0 Å². The van der Waals surface area contributed by atoms with E-state index in [1.165, 1.54) is 18.2 Å².